The monoisotopic (exact) mass is 238 g/mol. The second kappa shape index (κ2) is 4.50. The largest absolute Gasteiger partial charge is 0.356 e. The maximum Gasteiger partial charge on any atom is 0.204 e. The highest BCUT2D eigenvalue weighted by Gasteiger charge is 1.99. The van der Waals surface area contributed by atoms with Crippen LogP contribution in [0.2, 0.25) is 0 Å². The maximum atomic E-state index is 4.94. The van der Waals surface area contributed by atoms with Crippen molar-refractivity contribution in [3.8, 4) is 0 Å². The number of aryl methyl sites for hydroxylation is 1. The number of hydrogen-bond acceptors (Lipinski definition) is 5. The first-order chi connectivity index (χ1) is 7.25. The van der Waals surface area contributed by atoms with Gasteiger partial charge in [0.15, 0.2) is 3.95 Å². The number of aromatic nitrogens is 3. The molecule has 0 aliphatic carbocycles. The van der Waals surface area contributed by atoms with Crippen molar-refractivity contribution < 1.29 is 0 Å². The Morgan fingerprint density at radius 2 is 2.47 bits per heavy atom. The molecule has 2 N–H and O–H groups in total. The van der Waals surface area contributed by atoms with Crippen LogP contribution in [-0.2, 0) is 6.54 Å². The third-order valence-corrected chi connectivity index (χ3v) is 3.06. The van der Waals surface area contributed by atoms with Crippen LogP contribution in [0.5, 0.6) is 0 Å². The molecule has 0 fully saturated rings. The first-order valence-electron chi connectivity index (χ1n) is 4.44. The number of rotatable bonds is 3. The molecule has 0 amide bonds. The minimum Gasteiger partial charge on any atom is -0.356 e. The highest BCUT2D eigenvalue weighted by molar-refractivity contribution is 7.73. The molecular formula is C9H10N4S2. The third kappa shape index (κ3) is 2.60. The molecule has 2 aromatic rings. The zero-order valence-corrected chi connectivity index (χ0v) is 9.78. The predicted octanol–water partition coefficient (Wildman–Crippen LogP) is 2.52. The normalized spacial score (nSPS) is 10.2. The molecule has 15 heavy (non-hydrogen) atoms. The molecule has 0 saturated carbocycles. The van der Waals surface area contributed by atoms with Crippen molar-refractivity contribution in [2.45, 2.75) is 13.5 Å². The molecule has 0 saturated heterocycles. The molecule has 0 radical (unpaired) electrons. The van der Waals surface area contributed by atoms with E-state index in [1.807, 2.05) is 12.3 Å². The topological polar surface area (TPSA) is 53.6 Å². The lowest BCUT2D eigenvalue weighted by Crippen LogP contribution is -2.01. The van der Waals surface area contributed by atoms with Crippen LogP contribution < -0.4 is 5.32 Å². The van der Waals surface area contributed by atoms with E-state index >= 15 is 0 Å². The fraction of sp³-hybridized carbons (Fsp3) is 0.222. The van der Waals surface area contributed by atoms with Gasteiger partial charge in [-0.2, -0.15) is 0 Å². The lowest BCUT2D eigenvalue weighted by Gasteiger charge is -2.04. The fourth-order valence-electron chi connectivity index (χ4n) is 1.16. The van der Waals surface area contributed by atoms with E-state index in [0.29, 0.717) is 3.95 Å². The van der Waals surface area contributed by atoms with Gasteiger partial charge in [0.05, 0.1) is 0 Å². The molecule has 0 aliphatic rings. The Labute approximate surface area is 96.4 Å². The van der Waals surface area contributed by atoms with Crippen molar-refractivity contribution in [3.63, 3.8) is 0 Å². The van der Waals surface area contributed by atoms with Gasteiger partial charge < -0.3 is 5.32 Å². The van der Waals surface area contributed by atoms with Crippen LogP contribution >= 0.6 is 23.6 Å². The Balaban J connectivity index is 2.05. The van der Waals surface area contributed by atoms with Crippen molar-refractivity contribution >= 4 is 28.7 Å². The van der Waals surface area contributed by atoms with Crippen LogP contribution in [0.15, 0.2) is 18.5 Å². The summed E-state index contributed by atoms with van der Waals surface area (Å²) < 4.78 is 0.681. The Hall–Kier alpha value is -1.27. The summed E-state index contributed by atoms with van der Waals surface area (Å²) in [5, 5.41) is 10.7. The van der Waals surface area contributed by atoms with Gasteiger partial charge in [-0.1, -0.05) is 11.3 Å². The summed E-state index contributed by atoms with van der Waals surface area (Å²) in [5.41, 5.74) is 2.38. The number of pyridine rings is 1. The number of nitrogens with one attached hydrogen (secondary N) is 2. The van der Waals surface area contributed by atoms with Gasteiger partial charge in [0.2, 0.25) is 5.13 Å². The molecule has 2 aromatic heterocycles. The lowest BCUT2D eigenvalue weighted by molar-refractivity contribution is 1.03. The first-order valence-corrected chi connectivity index (χ1v) is 5.67. The highest BCUT2D eigenvalue weighted by Crippen LogP contribution is 2.13. The standard InChI is InChI=1S/C9H10N4S2/c1-6-2-3-10-4-7(6)5-11-8-12-13-9(14)15-8/h2-4H,5H2,1H3,(H,11,12)(H,13,14). The molecule has 78 valence electrons. The van der Waals surface area contributed by atoms with Crippen molar-refractivity contribution in [3.05, 3.63) is 33.5 Å². The summed E-state index contributed by atoms with van der Waals surface area (Å²) in [5.74, 6) is 0. The molecule has 0 spiro atoms. The van der Waals surface area contributed by atoms with E-state index in [9.17, 15) is 0 Å². The predicted molar refractivity (Wildman–Crippen MR) is 63.6 cm³/mol. The van der Waals surface area contributed by atoms with Crippen LogP contribution in [0.1, 0.15) is 11.1 Å². The molecule has 6 heteroatoms. The molecule has 0 atom stereocenters. The number of nitrogens with zero attached hydrogens (tertiary/aromatic N) is 2. The van der Waals surface area contributed by atoms with E-state index in [1.165, 1.54) is 22.5 Å². The van der Waals surface area contributed by atoms with Gasteiger partial charge in [0.25, 0.3) is 0 Å². The van der Waals surface area contributed by atoms with Gasteiger partial charge in [-0.3, -0.25) is 10.1 Å². The van der Waals surface area contributed by atoms with Gasteiger partial charge in [0.1, 0.15) is 0 Å². The Bertz CT molecular complexity index is 503. The lowest BCUT2D eigenvalue weighted by atomic mass is 10.2. The maximum absolute atomic E-state index is 4.94. The SMILES string of the molecule is Cc1ccncc1CNc1n[nH]c(=S)s1. The molecule has 0 unspecified atom stereocenters. The zero-order valence-electron chi connectivity index (χ0n) is 8.15. The van der Waals surface area contributed by atoms with Crippen LogP contribution in [0.3, 0.4) is 0 Å². The van der Waals surface area contributed by atoms with Gasteiger partial charge in [-0.15, -0.1) is 5.10 Å². The van der Waals surface area contributed by atoms with Crippen molar-refractivity contribution in [2.24, 2.45) is 0 Å². The number of H-pyrrole nitrogens is 1. The quantitative estimate of drug-likeness (QED) is 0.807. The van der Waals surface area contributed by atoms with Crippen molar-refractivity contribution in [1.29, 1.82) is 0 Å². The summed E-state index contributed by atoms with van der Waals surface area (Å²) >= 11 is 6.37. The number of anilines is 1. The Morgan fingerprint density at radius 1 is 1.60 bits per heavy atom. The van der Waals surface area contributed by atoms with Crippen LogP contribution in [-0.4, -0.2) is 15.2 Å². The van der Waals surface area contributed by atoms with E-state index in [2.05, 4.69) is 27.4 Å². The third-order valence-electron chi connectivity index (χ3n) is 2.02. The molecule has 0 aliphatic heterocycles. The molecular weight excluding hydrogens is 228 g/mol. The summed E-state index contributed by atoms with van der Waals surface area (Å²) in [6, 6.07) is 1.99. The van der Waals surface area contributed by atoms with E-state index in [0.717, 1.165) is 11.7 Å². The minimum absolute atomic E-state index is 0.681. The van der Waals surface area contributed by atoms with Gasteiger partial charge in [0, 0.05) is 18.9 Å². The summed E-state index contributed by atoms with van der Waals surface area (Å²) in [4.78, 5) is 4.08. The highest BCUT2D eigenvalue weighted by atomic mass is 32.1. The molecule has 0 aromatic carbocycles. The molecule has 0 bridgehead atoms. The van der Waals surface area contributed by atoms with Gasteiger partial charge in [-0.05, 0) is 36.3 Å². The van der Waals surface area contributed by atoms with E-state index in [-0.39, 0.29) is 0 Å². The van der Waals surface area contributed by atoms with Crippen LogP contribution in [0.25, 0.3) is 0 Å². The molecule has 2 rings (SSSR count). The second-order valence-corrected chi connectivity index (χ2v) is 4.74. The van der Waals surface area contributed by atoms with Crippen LogP contribution in [0, 0.1) is 10.9 Å². The summed E-state index contributed by atoms with van der Waals surface area (Å²) in [7, 11) is 0. The van der Waals surface area contributed by atoms with E-state index in [1.54, 1.807) is 6.20 Å². The zero-order chi connectivity index (χ0) is 10.7. The van der Waals surface area contributed by atoms with Gasteiger partial charge >= 0.3 is 0 Å². The fourth-order valence-corrected chi connectivity index (χ4v) is 1.94. The first kappa shape index (κ1) is 10.3. The second-order valence-electron chi connectivity index (χ2n) is 3.07. The summed E-state index contributed by atoms with van der Waals surface area (Å²) in [6.07, 6.45) is 3.64. The van der Waals surface area contributed by atoms with E-state index < -0.39 is 0 Å². The van der Waals surface area contributed by atoms with Gasteiger partial charge in [-0.25, -0.2) is 0 Å². The van der Waals surface area contributed by atoms with E-state index in [4.69, 9.17) is 12.2 Å². The Kier molecular flexibility index (Phi) is 3.08. The summed E-state index contributed by atoms with van der Waals surface area (Å²) in [6.45, 7) is 2.78. The Morgan fingerprint density at radius 3 is 3.13 bits per heavy atom. The number of aromatic amines is 1. The van der Waals surface area contributed by atoms with Crippen molar-refractivity contribution in [2.75, 3.05) is 5.32 Å². The smallest absolute Gasteiger partial charge is 0.204 e. The average Bonchev–Trinajstić information content (AvgIpc) is 2.63. The average molecular weight is 238 g/mol. The molecule has 4 nitrogen and oxygen atoms in total. The molecule has 2 heterocycles. The van der Waals surface area contributed by atoms with Crippen molar-refractivity contribution in [1.82, 2.24) is 15.2 Å². The van der Waals surface area contributed by atoms with Crippen LogP contribution in [0.4, 0.5) is 5.13 Å². The number of hydrogen-bond donors (Lipinski definition) is 2. The minimum atomic E-state index is 0.681.